The van der Waals surface area contributed by atoms with E-state index in [2.05, 4.69) is 10.6 Å². The summed E-state index contributed by atoms with van der Waals surface area (Å²) in [5.41, 5.74) is 0.229. The van der Waals surface area contributed by atoms with Crippen molar-refractivity contribution in [3.63, 3.8) is 0 Å². The van der Waals surface area contributed by atoms with Crippen LogP contribution in [-0.2, 0) is 14.3 Å². The van der Waals surface area contributed by atoms with Gasteiger partial charge in [-0.15, -0.1) is 0 Å². The van der Waals surface area contributed by atoms with Crippen LogP contribution in [0.25, 0.3) is 21.9 Å². The summed E-state index contributed by atoms with van der Waals surface area (Å²) in [5.74, 6) is -0.690. The normalized spacial score (nSPS) is 16.1. The van der Waals surface area contributed by atoms with Crippen LogP contribution in [0.1, 0.15) is 51.6 Å². The number of furan rings is 1. The number of amides is 2. The molecule has 2 aromatic carbocycles. The molecule has 1 aliphatic carbocycles. The molecule has 1 aliphatic rings. The second-order valence-electron chi connectivity index (χ2n) is 10.5. The maximum atomic E-state index is 14.4. The summed E-state index contributed by atoms with van der Waals surface area (Å²) in [5, 5.41) is 15.7. The van der Waals surface area contributed by atoms with E-state index < -0.39 is 29.7 Å². The smallest absolute Gasteiger partial charge is 0.407 e. The van der Waals surface area contributed by atoms with Crippen LogP contribution >= 0.6 is 0 Å². The first-order valence-electron chi connectivity index (χ1n) is 13.3. The fourth-order valence-corrected chi connectivity index (χ4v) is 4.71. The first-order valence-corrected chi connectivity index (χ1v) is 13.3. The molecule has 1 fully saturated rings. The molecule has 0 bridgehead atoms. The summed E-state index contributed by atoms with van der Waals surface area (Å²) < 4.78 is 54.3. The van der Waals surface area contributed by atoms with Crippen LogP contribution in [0.4, 0.5) is 18.9 Å². The van der Waals surface area contributed by atoms with E-state index in [1.807, 2.05) is 26.8 Å². The van der Waals surface area contributed by atoms with E-state index in [4.69, 9.17) is 9.15 Å². The topological polar surface area (TPSA) is 108 Å². The van der Waals surface area contributed by atoms with Crippen molar-refractivity contribution in [3.8, 4) is 6.07 Å². The zero-order valence-corrected chi connectivity index (χ0v) is 22.7. The van der Waals surface area contributed by atoms with Gasteiger partial charge in [-0.25, -0.2) is 0 Å². The lowest BCUT2D eigenvalue weighted by Crippen LogP contribution is -2.52. The molecule has 0 radical (unpaired) electrons. The molecule has 3 aromatic rings. The summed E-state index contributed by atoms with van der Waals surface area (Å²) >= 11 is 0. The molecular formula is C29H33F3N4O4. The van der Waals surface area contributed by atoms with Crippen molar-refractivity contribution in [1.82, 2.24) is 10.6 Å². The molecule has 1 heterocycles. The van der Waals surface area contributed by atoms with Crippen LogP contribution in [0.2, 0.25) is 0 Å². The molecule has 11 heteroatoms. The predicted molar refractivity (Wildman–Crippen MR) is 145 cm³/mol. The fourth-order valence-electron chi connectivity index (χ4n) is 4.71. The number of fused-ring (bicyclic) bond motifs is 3. The average molecular weight is 559 g/mol. The highest BCUT2D eigenvalue weighted by atomic mass is 19.4. The summed E-state index contributed by atoms with van der Waals surface area (Å²) in [6, 6.07) is 8.13. The van der Waals surface area contributed by atoms with Gasteiger partial charge in [-0.2, -0.15) is 18.4 Å². The number of halogens is 3. The lowest BCUT2D eigenvalue weighted by Gasteiger charge is -2.29. The summed E-state index contributed by atoms with van der Waals surface area (Å²) in [6.07, 6.45) is -2.89. The van der Waals surface area contributed by atoms with Crippen molar-refractivity contribution in [2.75, 3.05) is 24.7 Å². The number of nitrogens with zero attached hydrogens (tertiary/aromatic N) is 2. The minimum atomic E-state index is -4.71. The summed E-state index contributed by atoms with van der Waals surface area (Å²) in [6.45, 7) is 6.74. The van der Waals surface area contributed by atoms with Gasteiger partial charge in [0.25, 0.3) is 0 Å². The molecule has 4 rings (SSSR count). The Bertz CT molecular complexity index is 1410. The Kier molecular flexibility index (Phi) is 8.71. The van der Waals surface area contributed by atoms with Crippen molar-refractivity contribution < 1.29 is 31.9 Å². The number of ether oxygens (including phenoxy) is 1. The average Bonchev–Trinajstić information content (AvgIpc) is 3.59. The van der Waals surface area contributed by atoms with Gasteiger partial charge in [0.2, 0.25) is 12.3 Å². The van der Waals surface area contributed by atoms with Gasteiger partial charge in [-0.05, 0) is 61.9 Å². The highest BCUT2D eigenvalue weighted by Crippen LogP contribution is 2.38. The van der Waals surface area contributed by atoms with Gasteiger partial charge < -0.3 is 19.4 Å². The van der Waals surface area contributed by atoms with E-state index in [-0.39, 0.29) is 23.5 Å². The Balaban J connectivity index is 1.65. The molecule has 0 spiro atoms. The minimum Gasteiger partial charge on any atom is -0.456 e. The number of benzene rings is 2. The van der Waals surface area contributed by atoms with Crippen LogP contribution in [0.3, 0.4) is 0 Å². The number of nitriles is 1. The number of anilines is 1. The van der Waals surface area contributed by atoms with E-state index in [1.54, 1.807) is 24.3 Å². The molecule has 2 unspecified atom stereocenters. The monoisotopic (exact) mass is 558 g/mol. The quantitative estimate of drug-likeness (QED) is 0.216. The molecule has 2 atom stereocenters. The molecule has 40 heavy (non-hydrogen) atoms. The zero-order chi connectivity index (χ0) is 29.1. The van der Waals surface area contributed by atoms with Crippen molar-refractivity contribution in [3.05, 3.63) is 42.0 Å². The zero-order valence-electron chi connectivity index (χ0n) is 22.7. The fraction of sp³-hybridized carbons (Fsp3) is 0.483. The van der Waals surface area contributed by atoms with Gasteiger partial charge in [0.1, 0.15) is 22.7 Å². The van der Waals surface area contributed by atoms with Crippen LogP contribution < -0.4 is 15.5 Å². The number of alkyl halides is 3. The van der Waals surface area contributed by atoms with E-state index >= 15 is 0 Å². The SMILES string of the molecule is CCOCCN(C=O)c1ccc2oc3cc(C(NC(CC(C)C)C(=O)NC4(C#N)CC4)C(F)(F)F)ccc3c2c1. The lowest BCUT2D eigenvalue weighted by atomic mass is 9.98. The van der Waals surface area contributed by atoms with Gasteiger partial charge in [0, 0.05) is 29.6 Å². The Labute approximate surface area is 230 Å². The Hall–Kier alpha value is -3.62. The van der Waals surface area contributed by atoms with E-state index in [1.165, 1.54) is 17.0 Å². The number of hydrogen-bond donors (Lipinski definition) is 2. The van der Waals surface area contributed by atoms with E-state index in [9.17, 15) is 28.0 Å². The second kappa shape index (κ2) is 11.9. The van der Waals surface area contributed by atoms with Crippen molar-refractivity contribution in [2.24, 2.45) is 5.92 Å². The molecule has 1 aromatic heterocycles. The molecule has 2 amide bonds. The van der Waals surface area contributed by atoms with Gasteiger partial charge in [0.05, 0.1) is 18.7 Å². The van der Waals surface area contributed by atoms with Gasteiger partial charge in [-0.3, -0.25) is 14.9 Å². The van der Waals surface area contributed by atoms with Crippen LogP contribution in [-0.4, -0.2) is 49.8 Å². The molecule has 8 nitrogen and oxygen atoms in total. The number of nitrogens with one attached hydrogen (secondary N) is 2. The molecule has 0 aliphatic heterocycles. The number of carbonyl (C=O) groups is 2. The Morgan fingerprint density at radius 2 is 1.95 bits per heavy atom. The summed E-state index contributed by atoms with van der Waals surface area (Å²) in [4.78, 5) is 26.1. The molecular weight excluding hydrogens is 525 g/mol. The Morgan fingerprint density at radius 3 is 2.55 bits per heavy atom. The van der Waals surface area contributed by atoms with Crippen molar-refractivity contribution >= 4 is 39.9 Å². The third kappa shape index (κ3) is 6.57. The minimum absolute atomic E-state index is 0.0686. The highest BCUT2D eigenvalue weighted by molar-refractivity contribution is 6.06. The molecule has 0 saturated heterocycles. The van der Waals surface area contributed by atoms with Crippen LogP contribution in [0, 0.1) is 17.2 Å². The van der Waals surface area contributed by atoms with E-state index in [0.29, 0.717) is 61.1 Å². The maximum Gasteiger partial charge on any atom is 0.407 e. The molecule has 214 valence electrons. The predicted octanol–water partition coefficient (Wildman–Crippen LogP) is 5.37. The van der Waals surface area contributed by atoms with Crippen LogP contribution in [0.15, 0.2) is 40.8 Å². The van der Waals surface area contributed by atoms with Gasteiger partial charge in [-0.1, -0.05) is 26.0 Å². The number of carbonyl (C=O) groups excluding carboxylic acids is 2. The van der Waals surface area contributed by atoms with Crippen molar-refractivity contribution in [1.29, 1.82) is 5.26 Å². The molecule has 2 N–H and O–H groups in total. The van der Waals surface area contributed by atoms with Crippen LogP contribution in [0.5, 0.6) is 0 Å². The lowest BCUT2D eigenvalue weighted by molar-refractivity contribution is -0.161. The first-order chi connectivity index (χ1) is 19.0. The highest BCUT2D eigenvalue weighted by Gasteiger charge is 2.47. The standard InChI is InChI=1S/C29H33F3N4O4/c1-4-39-12-11-36(17-37)20-6-8-24-22(15-20)21-7-5-19(14-25(21)40-24)26(29(30,31)32)34-23(13-18(2)3)27(38)35-28(16-33)9-10-28/h5-8,14-15,17-18,23,26,34H,4,9-13H2,1-3H3,(H,35,38). The molecule has 1 saturated carbocycles. The third-order valence-corrected chi connectivity index (χ3v) is 7.00. The van der Waals surface area contributed by atoms with Gasteiger partial charge in [0.15, 0.2) is 0 Å². The largest absolute Gasteiger partial charge is 0.456 e. The second-order valence-corrected chi connectivity index (χ2v) is 10.5. The van der Waals surface area contributed by atoms with E-state index in [0.717, 1.165) is 0 Å². The first kappa shape index (κ1) is 29.4. The summed E-state index contributed by atoms with van der Waals surface area (Å²) in [7, 11) is 0. The van der Waals surface area contributed by atoms with Gasteiger partial charge >= 0.3 is 6.18 Å². The third-order valence-electron chi connectivity index (χ3n) is 7.00. The maximum absolute atomic E-state index is 14.4. The Morgan fingerprint density at radius 1 is 1.20 bits per heavy atom. The number of rotatable bonds is 13. The van der Waals surface area contributed by atoms with Crippen molar-refractivity contribution in [2.45, 2.75) is 63.8 Å². The number of hydrogen-bond acceptors (Lipinski definition) is 6.